The lowest BCUT2D eigenvalue weighted by Gasteiger charge is -2.17. The zero-order valence-corrected chi connectivity index (χ0v) is 8.54. The Kier molecular flexibility index (Phi) is 1.91. The molecule has 5 nitrogen and oxygen atoms in total. The van der Waals surface area contributed by atoms with E-state index in [2.05, 4.69) is 15.5 Å². The number of ether oxygens (including phenoxy) is 1. The highest BCUT2D eigenvalue weighted by Crippen LogP contribution is 2.42. The molecule has 1 aromatic heterocycles. The Bertz CT molecular complexity index is 383. The summed E-state index contributed by atoms with van der Waals surface area (Å²) in [6.07, 6.45) is 3.91. The Morgan fingerprint density at radius 1 is 1.43 bits per heavy atom. The van der Waals surface area contributed by atoms with Gasteiger partial charge >= 0.3 is 0 Å². The first-order chi connectivity index (χ1) is 6.86. The summed E-state index contributed by atoms with van der Waals surface area (Å²) in [6.45, 7) is 0.826. The average molecular weight is 212 g/mol. The molecule has 1 saturated carbocycles. The van der Waals surface area contributed by atoms with Crippen LogP contribution in [0, 0.1) is 10.7 Å². The zero-order chi connectivity index (χ0) is 9.54. The summed E-state index contributed by atoms with van der Waals surface area (Å²) in [5.41, 5.74) is 0. The second-order valence-corrected chi connectivity index (χ2v) is 4.35. The summed E-state index contributed by atoms with van der Waals surface area (Å²) in [4.78, 5) is 0. The number of rotatable bonds is 2. The van der Waals surface area contributed by atoms with Crippen LogP contribution in [0.1, 0.15) is 25.3 Å². The van der Waals surface area contributed by atoms with Crippen LogP contribution in [0.4, 0.5) is 0 Å². The maximum atomic E-state index is 5.73. The molecule has 2 heterocycles. The van der Waals surface area contributed by atoms with Crippen molar-refractivity contribution in [2.24, 2.45) is 5.92 Å². The molecule has 1 saturated heterocycles. The first-order valence-corrected chi connectivity index (χ1v) is 5.38. The summed E-state index contributed by atoms with van der Waals surface area (Å²) >= 11 is 5.08. The molecule has 1 N–H and O–H groups in total. The summed E-state index contributed by atoms with van der Waals surface area (Å²) in [5.74, 6) is 0.729. The van der Waals surface area contributed by atoms with Crippen molar-refractivity contribution in [3.8, 4) is 0 Å². The lowest BCUT2D eigenvalue weighted by atomic mass is 10.1. The van der Waals surface area contributed by atoms with Crippen molar-refractivity contribution in [3.05, 3.63) is 4.77 Å². The van der Waals surface area contributed by atoms with Gasteiger partial charge in [-0.1, -0.05) is 10.3 Å². The predicted molar refractivity (Wildman–Crippen MR) is 51.3 cm³/mol. The van der Waals surface area contributed by atoms with Gasteiger partial charge in [0.05, 0.1) is 12.1 Å². The van der Waals surface area contributed by atoms with Gasteiger partial charge in [-0.3, -0.25) is 0 Å². The fourth-order valence-electron chi connectivity index (χ4n) is 2.17. The number of tetrazole rings is 1. The van der Waals surface area contributed by atoms with Crippen LogP contribution in [0.15, 0.2) is 0 Å². The minimum Gasteiger partial charge on any atom is -0.376 e. The summed E-state index contributed by atoms with van der Waals surface area (Å²) < 4.78 is 8.13. The topological polar surface area (TPSA) is 55.7 Å². The number of aromatic nitrogens is 4. The van der Waals surface area contributed by atoms with Crippen molar-refractivity contribution < 1.29 is 4.74 Å². The van der Waals surface area contributed by atoms with E-state index in [0.29, 0.717) is 16.9 Å². The van der Waals surface area contributed by atoms with Gasteiger partial charge in [0, 0.05) is 6.61 Å². The van der Waals surface area contributed by atoms with Crippen LogP contribution in [0.3, 0.4) is 0 Å². The molecule has 76 valence electrons. The SMILES string of the molecule is S=c1nn[nH]n1C1CCOC1C1CC1. The number of nitrogens with zero attached hydrogens (tertiary/aromatic N) is 3. The minimum absolute atomic E-state index is 0.323. The highest BCUT2D eigenvalue weighted by Gasteiger charge is 2.42. The van der Waals surface area contributed by atoms with Crippen molar-refractivity contribution in [2.45, 2.75) is 31.4 Å². The highest BCUT2D eigenvalue weighted by atomic mass is 32.1. The standard InChI is InChI=1S/C8H12N4OS/c14-8-9-10-11-12(8)6-3-4-13-7(6)5-1-2-5/h5-7H,1-4H2,(H,9,11,14). The van der Waals surface area contributed by atoms with Gasteiger partial charge in [0.25, 0.3) is 0 Å². The molecule has 0 aromatic carbocycles. The van der Waals surface area contributed by atoms with Crippen LogP contribution in [0.2, 0.25) is 0 Å². The molecule has 1 aromatic rings. The Morgan fingerprint density at radius 2 is 2.29 bits per heavy atom. The molecule has 2 unspecified atom stereocenters. The normalized spacial score (nSPS) is 32.3. The molecular weight excluding hydrogens is 200 g/mol. The van der Waals surface area contributed by atoms with E-state index >= 15 is 0 Å². The first-order valence-electron chi connectivity index (χ1n) is 4.97. The van der Waals surface area contributed by atoms with E-state index in [1.54, 1.807) is 0 Å². The third-order valence-electron chi connectivity index (χ3n) is 3.02. The van der Waals surface area contributed by atoms with Gasteiger partial charge in [0.1, 0.15) is 0 Å². The van der Waals surface area contributed by atoms with Crippen molar-refractivity contribution in [1.82, 2.24) is 20.2 Å². The third-order valence-corrected chi connectivity index (χ3v) is 3.29. The van der Waals surface area contributed by atoms with E-state index < -0.39 is 0 Å². The van der Waals surface area contributed by atoms with Crippen LogP contribution in [-0.4, -0.2) is 32.9 Å². The molecule has 2 atom stereocenters. The van der Waals surface area contributed by atoms with Gasteiger partial charge in [0.2, 0.25) is 4.77 Å². The monoisotopic (exact) mass is 212 g/mol. The molecule has 0 spiro atoms. The molecule has 0 amide bonds. The molecule has 0 bridgehead atoms. The van der Waals surface area contributed by atoms with Gasteiger partial charge in [-0.25, -0.2) is 4.68 Å². The second-order valence-electron chi connectivity index (χ2n) is 3.98. The Hall–Kier alpha value is -0.750. The van der Waals surface area contributed by atoms with Gasteiger partial charge < -0.3 is 4.74 Å². The third kappa shape index (κ3) is 1.29. The van der Waals surface area contributed by atoms with E-state index in [-0.39, 0.29) is 0 Å². The molecule has 2 aliphatic rings. The molecule has 1 aliphatic heterocycles. The van der Waals surface area contributed by atoms with Gasteiger partial charge in [-0.2, -0.15) is 5.21 Å². The molecule has 2 fully saturated rings. The Morgan fingerprint density at radius 3 is 2.93 bits per heavy atom. The van der Waals surface area contributed by atoms with Crippen LogP contribution < -0.4 is 0 Å². The number of H-pyrrole nitrogens is 1. The smallest absolute Gasteiger partial charge is 0.238 e. The molecule has 0 radical (unpaired) electrons. The maximum Gasteiger partial charge on any atom is 0.238 e. The van der Waals surface area contributed by atoms with E-state index in [1.165, 1.54) is 12.8 Å². The second kappa shape index (κ2) is 3.13. The van der Waals surface area contributed by atoms with E-state index in [0.717, 1.165) is 18.9 Å². The fourth-order valence-corrected chi connectivity index (χ4v) is 2.39. The van der Waals surface area contributed by atoms with Gasteiger partial charge in [-0.05, 0) is 37.4 Å². The van der Waals surface area contributed by atoms with Crippen LogP contribution in [0.25, 0.3) is 0 Å². The van der Waals surface area contributed by atoms with Gasteiger partial charge in [-0.15, -0.1) is 0 Å². The van der Waals surface area contributed by atoms with Crippen molar-refractivity contribution in [2.75, 3.05) is 6.61 Å². The Balaban J connectivity index is 1.90. The molecule has 6 heteroatoms. The Labute approximate surface area is 86.4 Å². The van der Waals surface area contributed by atoms with E-state index in [9.17, 15) is 0 Å². The summed E-state index contributed by atoms with van der Waals surface area (Å²) in [7, 11) is 0. The van der Waals surface area contributed by atoms with E-state index in [1.807, 2.05) is 4.68 Å². The molecule has 3 rings (SSSR count). The number of hydrogen-bond donors (Lipinski definition) is 1. The van der Waals surface area contributed by atoms with Crippen LogP contribution in [0.5, 0.6) is 0 Å². The number of hydrogen-bond acceptors (Lipinski definition) is 4. The number of aromatic amines is 1. The fraction of sp³-hybridized carbons (Fsp3) is 0.875. The lowest BCUT2D eigenvalue weighted by Crippen LogP contribution is -2.23. The van der Waals surface area contributed by atoms with Crippen molar-refractivity contribution in [1.29, 1.82) is 0 Å². The quantitative estimate of drug-likeness (QED) is 0.745. The first kappa shape index (κ1) is 8.55. The van der Waals surface area contributed by atoms with Crippen molar-refractivity contribution >= 4 is 12.2 Å². The number of nitrogens with one attached hydrogen (secondary N) is 1. The largest absolute Gasteiger partial charge is 0.376 e. The van der Waals surface area contributed by atoms with Crippen LogP contribution >= 0.6 is 12.2 Å². The van der Waals surface area contributed by atoms with Crippen LogP contribution in [-0.2, 0) is 4.74 Å². The summed E-state index contributed by atoms with van der Waals surface area (Å²) in [5, 5.41) is 10.3. The molecular formula is C8H12N4OS. The molecule has 1 aliphatic carbocycles. The highest BCUT2D eigenvalue weighted by molar-refractivity contribution is 7.71. The summed E-state index contributed by atoms with van der Waals surface area (Å²) in [6, 6.07) is 0.324. The lowest BCUT2D eigenvalue weighted by molar-refractivity contribution is 0.0719. The zero-order valence-electron chi connectivity index (χ0n) is 7.72. The predicted octanol–water partition coefficient (Wildman–Crippen LogP) is 1.08. The van der Waals surface area contributed by atoms with Gasteiger partial charge in [0.15, 0.2) is 0 Å². The maximum absolute atomic E-state index is 5.73. The minimum atomic E-state index is 0.323. The molecule has 14 heavy (non-hydrogen) atoms. The van der Waals surface area contributed by atoms with E-state index in [4.69, 9.17) is 17.0 Å². The van der Waals surface area contributed by atoms with Crippen molar-refractivity contribution in [3.63, 3.8) is 0 Å². The average Bonchev–Trinajstić information content (AvgIpc) is 2.75.